The molecule has 100 valence electrons. The molecule has 0 fully saturated rings. The van der Waals surface area contributed by atoms with E-state index in [0.717, 1.165) is 6.54 Å². The Morgan fingerprint density at radius 2 is 1.82 bits per heavy atom. The number of hydrogen-bond donors (Lipinski definition) is 2. The van der Waals surface area contributed by atoms with Gasteiger partial charge in [0, 0.05) is 25.6 Å². The summed E-state index contributed by atoms with van der Waals surface area (Å²) in [4.78, 5) is 24.7. The smallest absolute Gasteiger partial charge is 0.240 e. The fourth-order valence-corrected chi connectivity index (χ4v) is 1.32. The van der Waals surface area contributed by atoms with Crippen LogP contribution in [-0.4, -0.2) is 48.9 Å². The Morgan fingerprint density at radius 1 is 1.24 bits per heavy atom. The highest BCUT2D eigenvalue weighted by molar-refractivity contribution is 5.84. The first-order chi connectivity index (χ1) is 7.76. The third-order valence-electron chi connectivity index (χ3n) is 2.09. The van der Waals surface area contributed by atoms with Gasteiger partial charge in [-0.05, 0) is 27.3 Å². The molecule has 0 atom stereocenters. The number of hydrogen-bond acceptors (Lipinski definition) is 3. The molecule has 0 aliphatic heterocycles. The monoisotopic (exact) mass is 243 g/mol. The number of carbonyl (C=O) groups excluding carboxylic acids is 2. The van der Waals surface area contributed by atoms with Gasteiger partial charge in [-0.25, -0.2) is 0 Å². The molecule has 0 aromatic rings. The molecule has 0 saturated heterocycles. The van der Waals surface area contributed by atoms with Gasteiger partial charge in [0.2, 0.25) is 11.8 Å². The van der Waals surface area contributed by atoms with Gasteiger partial charge in [-0.2, -0.15) is 0 Å². The van der Waals surface area contributed by atoms with E-state index in [-0.39, 0.29) is 23.9 Å². The van der Waals surface area contributed by atoms with Crippen molar-refractivity contribution in [3.63, 3.8) is 0 Å². The molecule has 2 N–H and O–H groups in total. The third kappa shape index (κ3) is 8.68. The number of carbonyl (C=O) groups is 2. The first-order valence-electron chi connectivity index (χ1n) is 6.02. The number of rotatable bonds is 6. The second-order valence-corrected chi connectivity index (χ2v) is 5.15. The lowest BCUT2D eigenvalue weighted by Gasteiger charge is -2.23. The van der Waals surface area contributed by atoms with Gasteiger partial charge in [-0.15, -0.1) is 0 Å². The van der Waals surface area contributed by atoms with Crippen molar-refractivity contribution in [3.05, 3.63) is 0 Å². The number of likely N-dealkylation sites (N-methyl/N-ethyl adjacent to an activating group) is 1. The van der Waals surface area contributed by atoms with Gasteiger partial charge < -0.3 is 15.5 Å². The summed E-state index contributed by atoms with van der Waals surface area (Å²) in [6.45, 7) is 9.35. The highest BCUT2D eigenvalue weighted by atomic mass is 16.2. The lowest BCUT2D eigenvalue weighted by molar-refractivity contribution is -0.135. The Kier molecular flexibility index (Phi) is 6.80. The molecule has 0 aliphatic rings. The standard InChI is InChI=1S/C12H25N3O2/c1-6-13-8-7-11(17)15(5)9-10(16)14-12(2,3)4/h13H,6-9H2,1-5H3,(H,14,16). The van der Waals surface area contributed by atoms with Crippen LogP contribution in [0.1, 0.15) is 34.1 Å². The third-order valence-corrected chi connectivity index (χ3v) is 2.09. The van der Waals surface area contributed by atoms with Crippen LogP contribution >= 0.6 is 0 Å². The summed E-state index contributed by atoms with van der Waals surface area (Å²) >= 11 is 0. The van der Waals surface area contributed by atoms with Crippen LogP contribution in [-0.2, 0) is 9.59 Å². The summed E-state index contributed by atoms with van der Waals surface area (Å²) in [7, 11) is 1.65. The molecular weight excluding hydrogens is 218 g/mol. The maximum atomic E-state index is 11.6. The predicted octanol–water partition coefficient (Wildman–Crippen LogP) is 0.359. The molecule has 5 nitrogen and oxygen atoms in total. The SMILES string of the molecule is CCNCCC(=O)N(C)CC(=O)NC(C)(C)C. The van der Waals surface area contributed by atoms with Gasteiger partial charge in [0.15, 0.2) is 0 Å². The molecule has 2 amide bonds. The molecule has 0 bridgehead atoms. The predicted molar refractivity (Wildman–Crippen MR) is 68.7 cm³/mol. The lowest BCUT2D eigenvalue weighted by Crippen LogP contribution is -2.46. The van der Waals surface area contributed by atoms with Crippen LogP contribution in [0.25, 0.3) is 0 Å². The van der Waals surface area contributed by atoms with E-state index in [9.17, 15) is 9.59 Å². The van der Waals surface area contributed by atoms with E-state index in [1.807, 2.05) is 27.7 Å². The van der Waals surface area contributed by atoms with Crippen LogP contribution in [0.3, 0.4) is 0 Å². The van der Waals surface area contributed by atoms with Gasteiger partial charge in [0.1, 0.15) is 0 Å². The van der Waals surface area contributed by atoms with E-state index >= 15 is 0 Å². The second kappa shape index (κ2) is 7.27. The first-order valence-corrected chi connectivity index (χ1v) is 6.02. The maximum absolute atomic E-state index is 11.6. The van der Waals surface area contributed by atoms with Crippen molar-refractivity contribution >= 4 is 11.8 Å². The Hall–Kier alpha value is -1.10. The zero-order valence-electron chi connectivity index (χ0n) is 11.6. The summed E-state index contributed by atoms with van der Waals surface area (Å²) in [5.74, 6) is -0.146. The Balaban J connectivity index is 3.95. The molecule has 0 spiro atoms. The van der Waals surface area contributed by atoms with Crippen LogP contribution in [0.4, 0.5) is 0 Å². The summed E-state index contributed by atoms with van der Waals surface area (Å²) in [6.07, 6.45) is 0.424. The first kappa shape index (κ1) is 15.9. The molecule has 0 aromatic carbocycles. The minimum Gasteiger partial charge on any atom is -0.350 e. The minimum atomic E-state index is -0.259. The van der Waals surface area contributed by atoms with Crippen LogP contribution in [0.15, 0.2) is 0 Å². The van der Waals surface area contributed by atoms with Crippen LogP contribution in [0, 0.1) is 0 Å². The number of nitrogens with zero attached hydrogens (tertiary/aromatic N) is 1. The summed E-state index contributed by atoms with van der Waals surface area (Å²) < 4.78 is 0. The average Bonchev–Trinajstić information content (AvgIpc) is 2.14. The molecule has 0 radical (unpaired) electrons. The van der Waals surface area contributed by atoms with Crippen molar-refractivity contribution in [2.75, 3.05) is 26.7 Å². The topological polar surface area (TPSA) is 61.4 Å². The van der Waals surface area contributed by atoms with Gasteiger partial charge >= 0.3 is 0 Å². The number of nitrogens with one attached hydrogen (secondary N) is 2. The van der Waals surface area contributed by atoms with Crippen molar-refractivity contribution in [2.45, 2.75) is 39.7 Å². The van der Waals surface area contributed by atoms with E-state index in [1.54, 1.807) is 7.05 Å². The average molecular weight is 243 g/mol. The molecule has 0 rings (SSSR count). The zero-order valence-corrected chi connectivity index (χ0v) is 11.6. The molecular formula is C12H25N3O2. The fourth-order valence-electron chi connectivity index (χ4n) is 1.32. The van der Waals surface area contributed by atoms with Crippen LogP contribution < -0.4 is 10.6 Å². The summed E-state index contributed by atoms with van der Waals surface area (Å²) in [5.41, 5.74) is -0.259. The van der Waals surface area contributed by atoms with E-state index in [4.69, 9.17) is 0 Å². The molecule has 17 heavy (non-hydrogen) atoms. The summed E-state index contributed by atoms with van der Waals surface area (Å²) in [6, 6.07) is 0. The Bertz CT molecular complexity index is 259. The Morgan fingerprint density at radius 3 is 2.29 bits per heavy atom. The highest BCUT2D eigenvalue weighted by Gasteiger charge is 2.17. The second-order valence-electron chi connectivity index (χ2n) is 5.15. The number of amides is 2. The normalized spacial score (nSPS) is 11.1. The maximum Gasteiger partial charge on any atom is 0.240 e. The van der Waals surface area contributed by atoms with Crippen molar-refractivity contribution in [3.8, 4) is 0 Å². The molecule has 0 aliphatic carbocycles. The van der Waals surface area contributed by atoms with E-state index in [1.165, 1.54) is 4.90 Å². The van der Waals surface area contributed by atoms with Gasteiger partial charge in [0.05, 0.1) is 6.54 Å². The quantitative estimate of drug-likeness (QED) is 0.662. The minimum absolute atomic E-state index is 0.0185. The van der Waals surface area contributed by atoms with Gasteiger partial charge in [-0.1, -0.05) is 6.92 Å². The van der Waals surface area contributed by atoms with Crippen LogP contribution in [0.2, 0.25) is 0 Å². The Labute approximate surface area is 104 Å². The fraction of sp³-hybridized carbons (Fsp3) is 0.833. The van der Waals surface area contributed by atoms with Crippen LogP contribution in [0.5, 0.6) is 0 Å². The van der Waals surface area contributed by atoms with Crippen molar-refractivity contribution in [1.82, 2.24) is 15.5 Å². The molecule has 0 unspecified atom stereocenters. The van der Waals surface area contributed by atoms with Gasteiger partial charge in [-0.3, -0.25) is 9.59 Å². The zero-order chi connectivity index (χ0) is 13.5. The van der Waals surface area contributed by atoms with Gasteiger partial charge in [0.25, 0.3) is 0 Å². The van der Waals surface area contributed by atoms with E-state index in [2.05, 4.69) is 10.6 Å². The van der Waals surface area contributed by atoms with Crippen molar-refractivity contribution in [1.29, 1.82) is 0 Å². The molecule has 0 saturated carbocycles. The molecule has 5 heteroatoms. The lowest BCUT2D eigenvalue weighted by atomic mass is 10.1. The largest absolute Gasteiger partial charge is 0.350 e. The van der Waals surface area contributed by atoms with E-state index in [0.29, 0.717) is 13.0 Å². The summed E-state index contributed by atoms with van der Waals surface area (Å²) in [5, 5.41) is 5.90. The van der Waals surface area contributed by atoms with Crippen molar-refractivity contribution in [2.24, 2.45) is 0 Å². The molecule has 0 heterocycles. The molecule has 0 aromatic heterocycles. The highest BCUT2D eigenvalue weighted by Crippen LogP contribution is 1.98. The van der Waals surface area contributed by atoms with Crippen molar-refractivity contribution < 1.29 is 9.59 Å². The van der Waals surface area contributed by atoms with E-state index < -0.39 is 0 Å².